The van der Waals surface area contributed by atoms with E-state index in [2.05, 4.69) is 0 Å². The van der Waals surface area contributed by atoms with Crippen molar-refractivity contribution in [2.75, 3.05) is 5.73 Å². The molecule has 1 aliphatic rings. The third kappa shape index (κ3) is 2.08. The van der Waals surface area contributed by atoms with Crippen LogP contribution in [0.2, 0.25) is 0 Å². The maximum absolute atomic E-state index is 12.3. The van der Waals surface area contributed by atoms with Crippen molar-refractivity contribution < 1.29 is 14.5 Å². The van der Waals surface area contributed by atoms with Gasteiger partial charge in [-0.2, -0.15) is 0 Å². The number of nitrogen functional groups attached to an aromatic ring is 1. The summed E-state index contributed by atoms with van der Waals surface area (Å²) >= 11 is 0. The van der Waals surface area contributed by atoms with Gasteiger partial charge in [0.2, 0.25) is 0 Å². The highest BCUT2D eigenvalue weighted by Crippen LogP contribution is 2.32. The standard InChI is InChI=1S/C15H11N3O4/c16-12-6-10-11(7-13(12)18(21)22)15(20)17(14(10)19)8-9-4-2-1-3-5-9/h1-7H,8,16H2. The molecule has 3 rings (SSSR count). The van der Waals surface area contributed by atoms with Crippen LogP contribution in [0.1, 0.15) is 26.3 Å². The predicted molar refractivity (Wildman–Crippen MR) is 78.2 cm³/mol. The molecule has 0 saturated carbocycles. The number of carbonyl (C=O) groups excluding carboxylic acids is 2. The van der Waals surface area contributed by atoms with E-state index < -0.39 is 16.7 Å². The normalized spacial score (nSPS) is 13.4. The van der Waals surface area contributed by atoms with E-state index in [1.165, 1.54) is 6.07 Å². The fourth-order valence-corrected chi connectivity index (χ4v) is 2.41. The van der Waals surface area contributed by atoms with Crippen LogP contribution in [-0.2, 0) is 6.54 Å². The molecule has 1 aliphatic heterocycles. The van der Waals surface area contributed by atoms with Gasteiger partial charge < -0.3 is 5.73 Å². The Morgan fingerprint density at radius 1 is 1.05 bits per heavy atom. The van der Waals surface area contributed by atoms with Crippen LogP contribution in [0.25, 0.3) is 0 Å². The smallest absolute Gasteiger partial charge is 0.292 e. The van der Waals surface area contributed by atoms with Crippen molar-refractivity contribution in [1.82, 2.24) is 4.90 Å². The molecule has 0 saturated heterocycles. The second kappa shape index (κ2) is 4.96. The minimum absolute atomic E-state index is 0.0156. The summed E-state index contributed by atoms with van der Waals surface area (Å²) in [5.74, 6) is -1.04. The van der Waals surface area contributed by atoms with E-state index in [0.717, 1.165) is 16.5 Å². The molecule has 0 spiro atoms. The summed E-state index contributed by atoms with van der Waals surface area (Å²) in [5, 5.41) is 10.9. The number of nitrogens with two attached hydrogens (primary N) is 1. The highest BCUT2D eigenvalue weighted by molar-refractivity contribution is 6.22. The summed E-state index contributed by atoms with van der Waals surface area (Å²) in [6, 6.07) is 11.3. The number of benzene rings is 2. The highest BCUT2D eigenvalue weighted by atomic mass is 16.6. The molecule has 2 N–H and O–H groups in total. The zero-order valence-electron chi connectivity index (χ0n) is 11.4. The fourth-order valence-electron chi connectivity index (χ4n) is 2.41. The number of amides is 2. The molecule has 0 bridgehead atoms. The molecule has 110 valence electrons. The number of fused-ring (bicyclic) bond motifs is 1. The quantitative estimate of drug-likeness (QED) is 0.403. The molecule has 0 radical (unpaired) electrons. The number of nitrogens with zero attached hydrogens (tertiary/aromatic N) is 2. The average Bonchev–Trinajstić information content (AvgIpc) is 2.72. The number of imide groups is 1. The Hall–Kier alpha value is -3.22. The fraction of sp³-hybridized carbons (Fsp3) is 0.0667. The SMILES string of the molecule is Nc1cc2c(cc1[N+](=O)[O-])C(=O)N(Cc1ccccc1)C2=O. The number of nitro benzene ring substituents is 1. The number of rotatable bonds is 3. The van der Waals surface area contributed by atoms with Gasteiger partial charge in [0.25, 0.3) is 17.5 Å². The Morgan fingerprint density at radius 2 is 1.64 bits per heavy atom. The maximum Gasteiger partial charge on any atom is 0.292 e. The van der Waals surface area contributed by atoms with Crippen molar-refractivity contribution in [3.8, 4) is 0 Å². The van der Waals surface area contributed by atoms with Crippen LogP contribution < -0.4 is 5.73 Å². The molecule has 0 unspecified atom stereocenters. The topological polar surface area (TPSA) is 107 Å². The van der Waals surface area contributed by atoms with Crippen LogP contribution in [0.4, 0.5) is 11.4 Å². The number of hydrogen-bond acceptors (Lipinski definition) is 5. The summed E-state index contributed by atoms with van der Waals surface area (Å²) in [4.78, 5) is 35.9. The van der Waals surface area contributed by atoms with E-state index in [1.54, 1.807) is 24.3 Å². The van der Waals surface area contributed by atoms with E-state index in [1.807, 2.05) is 6.07 Å². The van der Waals surface area contributed by atoms with E-state index in [4.69, 9.17) is 5.73 Å². The highest BCUT2D eigenvalue weighted by Gasteiger charge is 2.37. The first-order valence-corrected chi connectivity index (χ1v) is 6.47. The van der Waals surface area contributed by atoms with Gasteiger partial charge in [-0.1, -0.05) is 30.3 Å². The van der Waals surface area contributed by atoms with Gasteiger partial charge in [-0.3, -0.25) is 24.6 Å². The van der Waals surface area contributed by atoms with Crippen LogP contribution in [0.3, 0.4) is 0 Å². The van der Waals surface area contributed by atoms with Crippen molar-refractivity contribution in [2.24, 2.45) is 0 Å². The van der Waals surface area contributed by atoms with Crippen LogP contribution in [0.15, 0.2) is 42.5 Å². The molecule has 0 fully saturated rings. The van der Waals surface area contributed by atoms with Crippen LogP contribution in [0, 0.1) is 10.1 Å². The third-order valence-corrected chi connectivity index (χ3v) is 3.50. The van der Waals surface area contributed by atoms with E-state index in [9.17, 15) is 19.7 Å². The number of anilines is 1. The second-order valence-electron chi connectivity index (χ2n) is 4.90. The minimum Gasteiger partial charge on any atom is -0.393 e. The maximum atomic E-state index is 12.3. The summed E-state index contributed by atoms with van der Waals surface area (Å²) < 4.78 is 0. The van der Waals surface area contributed by atoms with Gasteiger partial charge in [-0.15, -0.1) is 0 Å². The molecule has 0 aliphatic carbocycles. The molecule has 0 atom stereocenters. The van der Waals surface area contributed by atoms with Crippen LogP contribution in [0.5, 0.6) is 0 Å². The first-order chi connectivity index (χ1) is 10.5. The van der Waals surface area contributed by atoms with Gasteiger partial charge in [0.15, 0.2) is 0 Å². The predicted octanol–water partition coefficient (Wildman–Crippen LogP) is 1.97. The monoisotopic (exact) mass is 297 g/mol. The Kier molecular flexibility index (Phi) is 3.10. The lowest BCUT2D eigenvalue weighted by atomic mass is 10.1. The summed E-state index contributed by atoms with van der Waals surface area (Å²) in [6.07, 6.45) is 0. The van der Waals surface area contributed by atoms with Crippen LogP contribution in [-0.4, -0.2) is 21.6 Å². The molecule has 0 aromatic heterocycles. The van der Waals surface area contributed by atoms with Gasteiger partial charge in [-0.25, -0.2) is 0 Å². The lowest BCUT2D eigenvalue weighted by Crippen LogP contribution is -2.29. The Labute approximate surface area is 125 Å². The number of nitro groups is 1. The number of hydrogen-bond donors (Lipinski definition) is 1. The van der Waals surface area contributed by atoms with Crippen molar-refractivity contribution in [2.45, 2.75) is 6.54 Å². The van der Waals surface area contributed by atoms with Crippen LogP contribution >= 0.6 is 0 Å². The summed E-state index contributed by atoms with van der Waals surface area (Å²) in [7, 11) is 0. The lowest BCUT2D eigenvalue weighted by molar-refractivity contribution is -0.383. The van der Waals surface area contributed by atoms with Gasteiger partial charge in [0, 0.05) is 6.07 Å². The lowest BCUT2D eigenvalue weighted by Gasteiger charge is -2.13. The average molecular weight is 297 g/mol. The number of carbonyl (C=O) groups is 2. The second-order valence-corrected chi connectivity index (χ2v) is 4.90. The molecule has 2 aromatic carbocycles. The van der Waals surface area contributed by atoms with E-state index >= 15 is 0 Å². The van der Waals surface area contributed by atoms with Gasteiger partial charge in [0.05, 0.1) is 22.6 Å². The first-order valence-electron chi connectivity index (χ1n) is 6.47. The van der Waals surface area contributed by atoms with Crippen molar-refractivity contribution in [3.63, 3.8) is 0 Å². The molecular formula is C15H11N3O4. The van der Waals surface area contributed by atoms with Gasteiger partial charge >= 0.3 is 0 Å². The van der Waals surface area contributed by atoms with Gasteiger partial charge in [-0.05, 0) is 11.6 Å². The molecule has 2 aromatic rings. The summed E-state index contributed by atoms with van der Waals surface area (Å²) in [5.41, 5.74) is 5.98. The minimum atomic E-state index is -0.673. The summed E-state index contributed by atoms with van der Waals surface area (Å²) in [6.45, 7) is 0.112. The Balaban J connectivity index is 2.00. The first kappa shape index (κ1) is 13.7. The largest absolute Gasteiger partial charge is 0.393 e. The zero-order valence-corrected chi connectivity index (χ0v) is 11.4. The van der Waals surface area contributed by atoms with Gasteiger partial charge in [0.1, 0.15) is 5.69 Å². The molecular weight excluding hydrogens is 286 g/mol. The molecule has 7 nitrogen and oxygen atoms in total. The van der Waals surface area contributed by atoms with Crippen molar-refractivity contribution in [1.29, 1.82) is 0 Å². The molecule has 7 heteroatoms. The van der Waals surface area contributed by atoms with Crippen molar-refractivity contribution >= 4 is 23.2 Å². The molecule has 1 heterocycles. The molecule has 2 amide bonds. The molecule has 22 heavy (non-hydrogen) atoms. The van der Waals surface area contributed by atoms with E-state index in [0.29, 0.717) is 0 Å². The zero-order chi connectivity index (χ0) is 15.9. The Bertz CT molecular complexity index is 802. The van der Waals surface area contributed by atoms with E-state index in [-0.39, 0.29) is 29.0 Å². The van der Waals surface area contributed by atoms with Crippen molar-refractivity contribution in [3.05, 3.63) is 69.3 Å². The third-order valence-electron chi connectivity index (χ3n) is 3.50. The Morgan fingerprint density at radius 3 is 2.23 bits per heavy atom.